The Balaban J connectivity index is 1.44. The van der Waals surface area contributed by atoms with Crippen LogP contribution in [0, 0.1) is 0 Å². The first-order valence-corrected chi connectivity index (χ1v) is 9.76. The van der Waals surface area contributed by atoms with Crippen molar-refractivity contribution in [2.45, 2.75) is 6.54 Å². The van der Waals surface area contributed by atoms with Crippen LogP contribution in [0.2, 0.25) is 0 Å². The molecule has 0 bridgehead atoms. The van der Waals surface area contributed by atoms with Gasteiger partial charge >= 0.3 is 0 Å². The number of hydrogen-bond donors (Lipinski definition) is 2. The number of amides is 2. The number of fused-ring (bicyclic) bond motifs is 2. The van der Waals surface area contributed by atoms with Crippen LogP contribution < -0.4 is 20.5 Å². The standard InChI is InChI=1S/C24H19N3O4/c25-23(28)16-7-5-15(6-8-16)12-27-13-19(18-3-1-2-4-20(18)27)24(29)26-17-9-10-21-22(11-17)31-14-30-21/h1-11,13H,12,14H2,(H2,25,28)(H,26,29). The minimum Gasteiger partial charge on any atom is -0.454 e. The van der Waals surface area contributed by atoms with Crippen molar-refractivity contribution >= 4 is 28.4 Å². The second kappa shape index (κ2) is 7.53. The number of para-hydroxylation sites is 1. The number of aromatic nitrogens is 1. The second-order valence-corrected chi connectivity index (χ2v) is 7.27. The lowest BCUT2D eigenvalue weighted by atomic mass is 10.1. The van der Waals surface area contributed by atoms with Crippen molar-refractivity contribution in [1.29, 1.82) is 0 Å². The minimum atomic E-state index is -0.458. The van der Waals surface area contributed by atoms with Crippen LogP contribution in [-0.2, 0) is 6.54 Å². The number of primary amides is 1. The van der Waals surface area contributed by atoms with Gasteiger partial charge < -0.3 is 25.1 Å². The predicted molar refractivity (Wildman–Crippen MR) is 117 cm³/mol. The van der Waals surface area contributed by atoms with Gasteiger partial charge in [0.05, 0.1) is 5.56 Å². The van der Waals surface area contributed by atoms with Crippen molar-refractivity contribution in [1.82, 2.24) is 4.57 Å². The third kappa shape index (κ3) is 3.57. The van der Waals surface area contributed by atoms with Gasteiger partial charge in [-0.15, -0.1) is 0 Å². The summed E-state index contributed by atoms with van der Waals surface area (Å²) in [7, 11) is 0. The number of rotatable bonds is 5. The Hall–Kier alpha value is -4.26. The van der Waals surface area contributed by atoms with Crippen LogP contribution in [0.1, 0.15) is 26.3 Å². The van der Waals surface area contributed by atoms with E-state index in [1.807, 2.05) is 47.2 Å². The van der Waals surface area contributed by atoms with E-state index in [-0.39, 0.29) is 12.7 Å². The second-order valence-electron chi connectivity index (χ2n) is 7.27. The molecule has 31 heavy (non-hydrogen) atoms. The van der Waals surface area contributed by atoms with E-state index < -0.39 is 5.91 Å². The van der Waals surface area contributed by atoms with Gasteiger partial charge in [-0.2, -0.15) is 0 Å². The summed E-state index contributed by atoms with van der Waals surface area (Å²) in [6.45, 7) is 0.734. The Kier molecular flexibility index (Phi) is 4.55. The van der Waals surface area contributed by atoms with E-state index >= 15 is 0 Å². The fourth-order valence-corrected chi connectivity index (χ4v) is 3.70. The first-order chi connectivity index (χ1) is 15.1. The number of ether oxygens (including phenoxy) is 2. The van der Waals surface area contributed by atoms with Gasteiger partial charge in [0, 0.05) is 41.0 Å². The van der Waals surface area contributed by atoms with Crippen LogP contribution in [0.5, 0.6) is 11.5 Å². The highest BCUT2D eigenvalue weighted by atomic mass is 16.7. The molecule has 0 saturated heterocycles. The van der Waals surface area contributed by atoms with Gasteiger partial charge in [-0.3, -0.25) is 9.59 Å². The molecule has 1 aliphatic heterocycles. The van der Waals surface area contributed by atoms with Crippen molar-refractivity contribution in [3.05, 3.63) is 89.6 Å². The van der Waals surface area contributed by atoms with Crippen LogP contribution >= 0.6 is 0 Å². The number of nitrogens with two attached hydrogens (primary N) is 1. The van der Waals surface area contributed by atoms with Crippen LogP contribution in [0.4, 0.5) is 5.69 Å². The van der Waals surface area contributed by atoms with Gasteiger partial charge in [-0.1, -0.05) is 30.3 Å². The molecule has 3 aromatic carbocycles. The third-order valence-electron chi connectivity index (χ3n) is 5.26. The first-order valence-electron chi connectivity index (χ1n) is 9.76. The molecule has 0 fully saturated rings. The molecule has 4 aromatic rings. The third-order valence-corrected chi connectivity index (χ3v) is 5.26. The summed E-state index contributed by atoms with van der Waals surface area (Å²) < 4.78 is 12.7. The molecule has 7 heteroatoms. The highest BCUT2D eigenvalue weighted by Gasteiger charge is 2.18. The maximum Gasteiger partial charge on any atom is 0.257 e. The summed E-state index contributed by atoms with van der Waals surface area (Å²) in [5, 5.41) is 3.79. The molecule has 7 nitrogen and oxygen atoms in total. The molecule has 5 rings (SSSR count). The van der Waals surface area contributed by atoms with E-state index in [2.05, 4.69) is 5.32 Å². The molecule has 0 radical (unpaired) electrons. The molecule has 2 heterocycles. The SMILES string of the molecule is NC(=O)c1ccc(Cn2cc(C(=O)Nc3ccc4c(c3)OCO4)c3ccccc32)cc1. The Labute approximate surface area is 178 Å². The van der Waals surface area contributed by atoms with Crippen molar-refractivity contribution in [3.8, 4) is 11.5 Å². The molecule has 0 saturated carbocycles. The van der Waals surface area contributed by atoms with Crippen molar-refractivity contribution < 1.29 is 19.1 Å². The van der Waals surface area contributed by atoms with E-state index in [0.717, 1.165) is 16.5 Å². The van der Waals surface area contributed by atoms with Crippen molar-refractivity contribution in [2.75, 3.05) is 12.1 Å². The largest absolute Gasteiger partial charge is 0.454 e. The number of carbonyl (C=O) groups is 2. The summed E-state index contributed by atoms with van der Waals surface area (Å²) >= 11 is 0. The Morgan fingerprint density at radius 1 is 0.968 bits per heavy atom. The zero-order valence-corrected chi connectivity index (χ0v) is 16.5. The molecule has 154 valence electrons. The van der Waals surface area contributed by atoms with Gasteiger partial charge in [0.15, 0.2) is 11.5 Å². The summed E-state index contributed by atoms with van der Waals surface area (Å²) in [5.74, 6) is 0.606. The number of nitrogens with one attached hydrogen (secondary N) is 1. The maximum atomic E-state index is 13.1. The van der Waals surface area contributed by atoms with E-state index in [0.29, 0.717) is 34.9 Å². The monoisotopic (exact) mass is 413 g/mol. The fraction of sp³-hybridized carbons (Fsp3) is 0.0833. The number of hydrogen-bond acceptors (Lipinski definition) is 4. The van der Waals surface area contributed by atoms with Crippen LogP contribution in [0.25, 0.3) is 10.9 Å². The summed E-state index contributed by atoms with van der Waals surface area (Å²) in [4.78, 5) is 24.4. The number of nitrogens with zero attached hydrogens (tertiary/aromatic N) is 1. The lowest BCUT2D eigenvalue weighted by Crippen LogP contribution is -2.11. The van der Waals surface area contributed by atoms with E-state index in [1.54, 1.807) is 30.3 Å². The summed E-state index contributed by atoms with van der Waals surface area (Å²) in [6, 6.07) is 20.2. The topological polar surface area (TPSA) is 95.6 Å². The molecule has 0 aliphatic carbocycles. The average molecular weight is 413 g/mol. The fourth-order valence-electron chi connectivity index (χ4n) is 3.70. The number of anilines is 1. The Morgan fingerprint density at radius 2 is 1.74 bits per heavy atom. The zero-order chi connectivity index (χ0) is 21.4. The van der Waals surface area contributed by atoms with E-state index in [1.165, 1.54) is 0 Å². The Morgan fingerprint density at radius 3 is 2.55 bits per heavy atom. The lowest BCUT2D eigenvalue weighted by Gasteiger charge is -2.06. The molecular formula is C24H19N3O4. The summed E-state index contributed by atoms with van der Waals surface area (Å²) in [6.07, 6.45) is 1.84. The first kappa shape index (κ1) is 18.7. The van der Waals surface area contributed by atoms with Gasteiger partial charge in [-0.05, 0) is 35.9 Å². The molecular weight excluding hydrogens is 394 g/mol. The average Bonchev–Trinajstić information content (AvgIpc) is 3.39. The van der Waals surface area contributed by atoms with Gasteiger partial charge in [0.2, 0.25) is 12.7 Å². The smallest absolute Gasteiger partial charge is 0.257 e. The lowest BCUT2D eigenvalue weighted by molar-refractivity contribution is 0.0997. The Bertz CT molecular complexity index is 1310. The minimum absolute atomic E-state index is 0.181. The van der Waals surface area contributed by atoms with Crippen molar-refractivity contribution in [3.63, 3.8) is 0 Å². The van der Waals surface area contributed by atoms with Crippen LogP contribution in [0.15, 0.2) is 72.9 Å². The predicted octanol–water partition coefficient (Wildman–Crippen LogP) is 3.77. The quantitative estimate of drug-likeness (QED) is 0.521. The molecule has 1 aliphatic rings. The molecule has 0 spiro atoms. The van der Waals surface area contributed by atoms with Gasteiger partial charge in [0.1, 0.15) is 0 Å². The van der Waals surface area contributed by atoms with Gasteiger partial charge in [0.25, 0.3) is 5.91 Å². The van der Waals surface area contributed by atoms with Crippen LogP contribution in [0.3, 0.4) is 0 Å². The van der Waals surface area contributed by atoms with Crippen LogP contribution in [-0.4, -0.2) is 23.2 Å². The van der Waals surface area contributed by atoms with E-state index in [4.69, 9.17) is 15.2 Å². The number of carbonyl (C=O) groups excluding carboxylic acids is 2. The zero-order valence-electron chi connectivity index (χ0n) is 16.5. The number of benzene rings is 3. The molecule has 1 aromatic heterocycles. The highest BCUT2D eigenvalue weighted by molar-refractivity contribution is 6.13. The van der Waals surface area contributed by atoms with Crippen molar-refractivity contribution in [2.24, 2.45) is 5.73 Å². The normalized spacial score (nSPS) is 12.1. The molecule has 3 N–H and O–H groups in total. The maximum absolute atomic E-state index is 13.1. The highest BCUT2D eigenvalue weighted by Crippen LogP contribution is 2.34. The molecule has 0 atom stereocenters. The summed E-state index contributed by atoms with van der Waals surface area (Å²) in [5.41, 5.74) is 8.92. The molecule has 0 unspecified atom stereocenters. The van der Waals surface area contributed by atoms with E-state index in [9.17, 15) is 9.59 Å². The molecule has 2 amide bonds. The van der Waals surface area contributed by atoms with Gasteiger partial charge in [-0.25, -0.2) is 0 Å².